The van der Waals surface area contributed by atoms with Gasteiger partial charge in [-0.2, -0.15) is 13.2 Å². The average Bonchev–Trinajstić information content (AvgIpc) is 2.38. The normalized spacial score (nSPS) is 14.0. The Hall–Kier alpha value is -1.62. The molecule has 2 N–H and O–H groups in total. The van der Waals surface area contributed by atoms with Crippen molar-refractivity contribution in [2.24, 2.45) is 0 Å². The molecule has 0 aliphatic carbocycles. The maximum atomic E-state index is 12.7. The van der Waals surface area contributed by atoms with Crippen LogP contribution in [0.4, 0.5) is 13.2 Å². The summed E-state index contributed by atoms with van der Waals surface area (Å²) in [6.07, 6.45) is -4.56. The summed E-state index contributed by atoms with van der Waals surface area (Å²) in [5.74, 6) is 0. The first-order valence-corrected chi connectivity index (χ1v) is 7.65. The fourth-order valence-corrected chi connectivity index (χ4v) is 3.21. The zero-order valence-corrected chi connectivity index (χ0v) is 11.6. The number of benzene rings is 2. The summed E-state index contributed by atoms with van der Waals surface area (Å²) >= 11 is 0. The lowest BCUT2D eigenvalue weighted by Crippen LogP contribution is -2.08. The predicted octanol–water partition coefficient (Wildman–Crippen LogP) is 3.97. The minimum atomic E-state index is -4.66. The van der Waals surface area contributed by atoms with Crippen LogP contribution in [0.25, 0.3) is 0 Å². The van der Waals surface area contributed by atoms with Gasteiger partial charge in [0.05, 0.1) is 5.56 Å². The largest absolute Gasteiger partial charge is 0.416 e. The molecule has 0 bridgehead atoms. The van der Waals surface area contributed by atoms with Gasteiger partial charge in [0.1, 0.15) is 5.66 Å². The molecule has 0 aliphatic heterocycles. The Morgan fingerprint density at radius 2 is 1.48 bits per heavy atom. The highest BCUT2D eigenvalue weighted by Crippen LogP contribution is 2.55. The van der Waals surface area contributed by atoms with Crippen molar-refractivity contribution in [3.05, 3.63) is 71.3 Å². The van der Waals surface area contributed by atoms with Crippen LogP contribution in [-0.2, 0) is 10.7 Å². The standard InChI is InChI=1S/C14H12F3O3P/c15-14(16,17)12-8-4-7-11(9-12)13(21(18,19)20)10-5-2-1-3-6-10/h1-9,13H,(H2,18,19,20). The van der Waals surface area contributed by atoms with E-state index in [0.717, 1.165) is 18.2 Å². The van der Waals surface area contributed by atoms with Crippen molar-refractivity contribution in [2.45, 2.75) is 11.8 Å². The molecule has 0 saturated carbocycles. The fourth-order valence-electron chi connectivity index (χ4n) is 2.10. The van der Waals surface area contributed by atoms with E-state index in [1.54, 1.807) is 18.2 Å². The molecule has 0 spiro atoms. The molecular weight excluding hydrogens is 304 g/mol. The van der Waals surface area contributed by atoms with Gasteiger partial charge in [0.15, 0.2) is 0 Å². The quantitative estimate of drug-likeness (QED) is 0.842. The highest BCUT2D eigenvalue weighted by molar-refractivity contribution is 7.52. The van der Waals surface area contributed by atoms with E-state index in [1.807, 2.05) is 0 Å². The molecule has 0 amide bonds. The predicted molar refractivity (Wildman–Crippen MR) is 71.8 cm³/mol. The zero-order chi connectivity index (χ0) is 15.7. The summed E-state index contributed by atoms with van der Waals surface area (Å²) in [6.45, 7) is 0. The molecule has 1 unspecified atom stereocenters. The van der Waals surface area contributed by atoms with Crippen molar-refractivity contribution in [3.8, 4) is 0 Å². The highest BCUT2D eigenvalue weighted by Gasteiger charge is 2.35. The van der Waals surface area contributed by atoms with Crippen LogP contribution in [0.3, 0.4) is 0 Å². The van der Waals surface area contributed by atoms with E-state index in [0.29, 0.717) is 0 Å². The van der Waals surface area contributed by atoms with Crippen LogP contribution in [-0.4, -0.2) is 9.79 Å². The Balaban J connectivity index is 2.56. The maximum Gasteiger partial charge on any atom is 0.416 e. The molecule has 0 aromatic heterocycles. The van der Waals surface area contributed by atoms with Crippen molar-refractivity contribution < 1.29 is 27.5 Å². The van der Waals surface area contributed by atoms with Crippen molar-refractivity contribution in [1.82, 2.24) is 0 Å². The summed E-state index contributed by atoms with van der Waals surface area (Å²) in [4.78, 5) is 19.0. The van der Waals surface area contributed by atoms with Gasteiger partial charge in [-0.3, -0.25) is 4.57 Å². The highest BCUT2D eigenvalue weighted by atomic mass is 31.2. The molecule has 1 atom stereocenters. The van der Waals surface area contributed by atoms with Crippen molar-refractivity contribution in [1.29, 1.82) is 0 Å². The Bertz CT molecular complexity index is 665. The van der Waals surface area contributed by atoms with E-state index < -0.39 is 25.0 Å². The minimum Gasteiger partial charge on any atom is -0.324 e. The van der Waals surface area contributed by atoms with E-state index in [9.17, 15) is 27.5 Å². The zero-order valence-electron chi connectivity index (χ0n) is 10.7. The van der Waals surface area contributed by atoms with Gasteiger partial charge < -0.3 is 9.79 Å². The second-order valence-electron chi connectivity index (χ2n) is 4.53. The minimum absolute atomic E-state index is 0.0654. The van der Waals surface area contributed by atoms with Gasteiger partial charge in [0.2, 0.25) is 0 Å². The van der Waals surface area contributed by atoms with Gasteiger partial charge in [0, 0.05) is 0 Å². The molecule has 0 heterocycles. The first kappa shape index (κ1) is 15.8. The Labute approximate surface area is 119 Å². The monoisotopic (exact) mass is 316 g/mol. The number of hydrogen-bond acceptors (Lipinski definition) is 1. The molecule has 0 saturated heterocycles. The Morgan fingerprint density at radius 1 is 0.905 bits per heavy atom. The summed E-state index contributed by atoms with van der Waals surface area (Å²) in [6, 6.07) is 11.8. The van der Waals surface area contributed by atoms with Crippen LogP contribution in [0.15, 0.2) is 54.6 Å². The van der Waals surface area contributed by atoms with Crippen LogP contribution in [0, 0.1) is 0 Å². The SMILES string of the molecule is O=P(O)(O)C(c1ccccc1)c1cccc(C(F)(F)F)c1. The van der Waals surface area contributed by atoms with Crippen LogP contribution < -0.4 is 0 Å². The molecule has 3 nitrogen and oxygen atoms in total. The fraction of sp³-hybridized carbons (Fsp3) is 0.143. The van der Waals surface area contributed by atoms with Gasteiger partial charge in [-0.05, 0) is 17.2 Å². The summed E-state index contributed by atoms with van der Waals surface area (Å²) in [7, 11) is -4.66. The molecule has 112 valence electrons. The summed E-state index contributed by atoms with van der Waals surface area (Å²) in [5, 5.41) is 0. The number of alkyl halides is 3. The lowest BCUT2D eigenvalue weighted by molar-refractivity contribution is -0.137. The van der Waals surface area contributed by atoms with Crippen LogP contribution >= 0.6 is 7.60 Å². The van der Waals surface area contributed by atoms with E-state index in [2.05, 4.69) is 0 Å². The third-order valence-corrected chi connectivity index (χ3v) is 4.25. The third-order valence-electron chi connectivity index (χ3n) is 2.98. The van der Waals surface area contributed by atoms with E-state index in [4.69, 9.17) is 0 Å². The smallest absolute Gasteiger partial charge is 0.324 e. The number of hydrogen-bond donors (Lipinski definition) is 2. The van der Waals surface area contributed by atoms with Crippen LogP contribution in [0.5, 0.6) is 0 Å². The second kappa shape index (κ2) is 5.64. The van der Waals surface area contributed by atoms with Gasteiger partial charge in [-0.1, -0.05) is 48.5 Å². The van der Waals surface area contributed by atoms with E-state index in [1.165, 1.54) is 18.2 Å². The molecular formula is C14H12F3O3P. The summed E-state index contributed by atoms with van der Waals surface area (Å²) in [5.41, 5.74) is -2.15. The molecule has 0 aliphatic rings. The first-order chi connectivity index (χ1) is 9.69. The van der Waals surface area contributed by atoms with E-state index >= 15 is 0 Å². The lowest BCUT2D eigenvalue weighted by atomic mass is 10.0. The molecule has 21 heavy (non-hydrogen) atoms. The van der Waals surface area contributed by atoms with Crippen molar-refractivity contribution >= 4 is 7.60 Å². The molecule has 2 rings (SSSR count). The summed E-state index contributed by atoms with van der Waals surface area (Å²) < 4.78 is 49.9. The Kier molecular flexibility index (Phi) is 4.23. The first-order valence-electron chi connectivity index (χ1n) is 5.97. The topological polar surface area (TPSA) is 57.5 Å². The van der Waals surface area contributed by atoms with Crippen molar-refractivity contribution in [2.75, 3.05) is 0 Å². The third kappa shape index (κ3) is 3.73. The van der Waals surface area contributed by atoms with Gasteiger partial charge in [0.25, 0.3) is 0 Å². The maximum absolute atomic E-state index is 12.7. The second-order valence-corrected chi connectivity index (χ2v) is 6.22. The average molecular weight is 316 g/mol. The van der Waals surface area contributed by atoms with Crippen LogP contribution in [0.2, 0.25) is 0 Å². The molecule has 0 radical (unpaired) electrons. The molecule has 2 aromatic carbocycles. The molecule has 2 aromatic rings. The Morgan fingerprint density at radius 3 is 2.00 bits per heavy atom. The lowest BCUT2D eigenvalue weighted by Gasteiger charge is -2.20. The van der Waals surface area contributed by atoms with Gasteiger partial charge in [-0.15, -0.1) is 0 Å². The van der Waals surface area contributed by atoms with Gasteiger partial charge in [-0.25, -0.2) is 0 Å². The molecule has 7 heteroatoms. The van der Waals surface area contributed by atoms with Gasteiger partial charge >= 0.3 is 13.8 Å². The number of rotatable bonds is 3. The van der Waals surface area contributed by atoms with E-state index in [-0.39, 0.29) is 11.1 Å². The van der Waals surface area contributed by atoms with Crippen molar-refractivity contribution in [3.63, 3.8) is 0 Å². The number of halogens is 3. The van der Waals surface area contributed by atoms with Crippen LogP contribution in [0.1, 0.15) is 22.3 Å². The molecule has 0 fully saturated rings.